The van der Waals surface area contributed by atoms with E-state index in [4.69, 9.17) is 5.73 Å². The Morgan fingerprint density at radius 1 is 1.24 bits per heavy atom. The molecule has 17 heavy (non-hydrogen) atoms. The van der Waals surface area contributed by atoms with Crippen molar-refractivity contribution in [3.05, 3.63) is 16.0 Å². The van der Waals surface area contributed by atoms with E-state index in [1.807, 2.05) is 16.4 Å². The summed E-state index contributed by atoms with van der Waals surface area (Å²) in [5.74, 6) is 0.289. The van der Waals surface area contributed by atoms with Crippen LogP contribution in [0.2, 0.25) is 0 Å². The molecule has 0 bridgehead atoms. The molecule has 96 valence electrons. The Bertz CT molecular complexity index is 450. The highest BCUT2D eigenvalue weighted by Gasteiger charge is 2.24. The minimum absolute atomic E-state index is 0.00287. The summed E-state index contributed by atoms with van der Waals surface area (Å²) >= 11 is 0. The standard InChI is InChI=1S/C13H23N3O/c1-9(2)12-11(14)13(17)16(15(12)3)10-7-5-4-6-8-10/h9-10H,4-8,14H2,1-3H3. The summed E-state index contributed by atoms with van der Waals surface area (Å²) in [5.41, 5.74) is 7.37. The minimum Gasteiger partial charge on any atom is -0.393 e. The summed E-state index contributed by atoms with van der Waals surface area (Å²) in [6.07, 6.45) is 5.95. The van der Waals surface area contributed by atoms with E-state index in [9.17, 15) is 4.79 Å². The molecule has 0 amide bonds. The predicted octanol–water partition coefficient (Wildman–Crippen LogP) is 2.40. The Kier molecular flexibility index (Phi) is 3.31. The van der Waals surface area contributed by atoms with Crippen LogP contribution in [0.1, 0.15) is 63.6 Å². The molecular weight excluding hydrogens is 214 g/mol. The third-order valence-electron chi connectivity index (χ3n) is 3.85. The van der Waals surface area contributed by atoms with Gasteiger partial charge in [0, 0.05) is 7.05 Å². The molecule has 2 N–H and O–H groups in total. The summed E-state index contributed by atoms with van der Waals surface area (Å²) in [6, 6.07) is 0.344. The zero-order valence-corrected chi connectivity index (χ0v) is 11.1. The lowest BCUT2D eigenvalue weighted by molar-refractivity contribution is 0.291. The zero-order valence-electron chi connectivity index (χ0n) is 11.1. The van der Waals surface area contributed by atoms with Gasteiger partial charge in [0.25, 0.3) is 5.56 Å². The van der Waals surface area contributed by atoms with Gasteiger partial charge in [-0.05, 0) is 18.8 Å². The Balaban J connectivity index is 2.47. The molecule has 1 fully saturated rings. The molecule has 1 aromatic heterocycles. The topological polar surface area (TPSA) is 53.0 Å². The SMILES string of the molecule is CC(C)c1c(N)c(=O)n(C2CCCCC2)n1C. The molecule has 0 atom stereocenters. The van der Waals surface area contributed by atoms with Crippen LogP contribution in [0.15, 0.2) is 4.79 Å². The molecule has 1 saturated carbocycles. The first-order valence-corrected chi connectivity index (χ1v) is 6.61. The fourth-order valence-corrected chi connectivity index (χ4v) is 3.08. The molecule has 4 heteroatoms. The number of nitrogens with zero attached hydrogens (tertiary/aromatic N) is 2. The predicted molar refractivity (Wildman–Crippen MR) is 70.3 cm³/mol. The van der Waals surface area contributed by atoms with Gasteiger partial charge in [-0.25, -0.2) is 4.68 Å². The van der Waals surface area contributed by atoms with E-state index in [0.717, 1.165) is 18.5 Å². The average Bonchev–Trinajstić information content (AvgIpc) is 2.51. The second kappa shape index (κ2) is 4.59. The van der Waals surface area contributed by atoms with Crippen molar-refractivity contribution in [2.24, 2.45) is 7.05 Å². The number of nitrogen functional groups attached to an aromatic ring is 1. The van der Waals surface area contributed by atoms with Crippen LogP contribution < -0.4 is 11.3 Å². The second-order valence-electron chi connectivity index (χ2n) is 5.42. The van der Waals surface area contributed by atoms with E-state index in [1.54, 1.807) is 0 Å². The van der Waals surface area contributed by atoms with E-state index in [-0.39, 0.29) is 11.5 Å². The van der Waals surface area contributed by atoms with Gasteiger partial charge >= 0.3 is 0 Å². The Hall–Kier alpha value is -1.19. The highest BCUT2D eigenvalue weighted by molar-refractivity contribution is 5.43. The molecule has 1 heterocycles. The second-order valence-corrected chi connectivity index (χ2v) is 5.42. The van der Waals surface area contributed by atoms with Crippen molar-refractivity contribution in [3.63, 3.8) is 0 Å². The van der Waals surface area contributed by atoms with Crippen LogP contribution >= 0.6 is 0 Å². The molecule has 0 saturated heterocycles. The van der Waals surface area contributed by atoms with E-state index in [1.165, 1.54) is 19.3 Å². The van der Waals surface area contributed by atoms with Crippen molar-refractivity contribution in [1.29, 1.82) is 0 Å². The van der Waals surface area contributed by atoms with Gasteiger partial charge in [-0.2, -0.15) is 0 Å². The minimum atomic E-state index is 0.00287. The third-order valence-corrected chi connectivity index (χ3v) is 3.85. The van der Waals surface area contributed by atoms with Gasteiger partial charge in [-0.1, -0.05) is 33.1 Å². The van der Waals surface area contributed by atoms with Gasteiger partial charge < -0.3 is 5.73 Å². The fraction of sp³-hybridized carbons (Fsp3) is 0.769. The lowest BCUT2D eigenvalue weighted by atomic mass is 9.96. The van der Waals surface area contributed by atoms with Crippen molar-refractivity contribution in [1.82, 2.24) is 9.36 Å². The van der Waals surface area contributed by atoms with Gasteiger partial charge in [0.15, 0.2) is 0 Å². The van der Waals surface area contributed by atoms with Crippen molar-refractivity contribution in [2.75, 3.05) is 5.73 Å². The van der Waals surface area contributed by atoms with Crippen LogP contribution in [-0.4, -0.2) is 9.36 Å². The summed E-state index contributed by atoms with van der Waals surface area (Å²) < 4.78 is 3.86. The quantitative estimate of drug-likeness (QED) is 0.858. The third kappa shape index (κ3) is 2.01. The summed E-state index contributed by atoms with van der Waals surface area (Å²) in [4.78, 5) is 12.2. The number of nitrogens with two attached hydrogens (primary N) is 1. The maximum atomic E-state index is 12.2. The average molecular weight is 237 g/mol. The summed E-state index contributed by atoms with van der Waals surface area (Å²) in [7, 11) is 1.96. The molecular formula is C13H23N3O. The van der Waals surface area contributed by atoms with Crippen molar-refractivity contribution >= 4 is 5.69 Å². The zero-order chi connectivity index (χ0) is 12.6. The first-order valence-electron chi connectivity index (χ1n) is 6.61. The van der Waals surface area contributed by atoms with E-state index in [0.29, 0.717) is 11.7 Å². The number of hydrogen-bond acceptors (Lipinski definition) is 2. The molecule has 1 aliphatic carbocycles. The first kappa shape index (κ1) is 12.3. The van der Waals surface area contributed by atoms with Gasteiger partial charge in [-0.3, -0.25) is 9.48 Å². The largest absolute Gasteiger partial charge is 0.393 e. The summed E-state index contributed by atoms with van der Waals surface area (Å²) in [5, 5.41) is 0. The highest BCUT2D eigenvalue weighted by Crippen LogP contribution is 2.29. The summed E-state index contributed by atoms with van der Waals surface area (Å²) in [6.45, 7) is 4.16. The van der Waals surface area contributed by atoms with Crippen LogP contribution in [0.3, 0.4) is 0 Å². The molecule has 1 aromatic rings. The molecule has 0 radical (unpaired) electrons. The first-order chi connectivity index (χ1) is 8.04. The van der Waals surface area contributed by atoms with E-state index < -0.39 is 0 Å². The lowest BCUT2D eigenvalue weighted by Gasteiger charge is -2.25. The van der Waals surface area contributed by atoms with Crippen molar-refractivity contribution in [3.8, 4) is 0 Å². The number of aromatic nitrogens is 2. The fourth-order valence-electron chi connectivity index (χ4n) is 3.08. The monoisotopic (exact) mass is 237 g/mol. The maximum Gasteiger partial charge on any atom is 0.290 e. The normalized spacial score (nSPS) is 17.9. The van der Waals surface area contributed by atoms with Gasteiger partial charge in [-0.15, -0.1) is 0 Å². The van der Waals surface area contributed by atoms with Gasteiger partial charge in [0.2, 0.25) is 0 Å². The number of anilines is 1. The Morgan fingerprint density at radius 3 is 2.29 bits per heavy atom. The van der Waals surface area contributed by atoms with Gasteiger partial charge in [0.05, 0.1) is 11.7 Å². The molecule has 0 aromatic carbocycles. The van der Waals surface area contributed by atoms with Crippen molar-refractivity contribution in [2.45, 2.75) is 57.9 Å². The van der Waals surface area contributed by atoms with Crippen LogP contribution in [0.25, 0.3) is 0 Å². The highest BCUT2D eigenvalue weighted by atomic mass is 16.1. The molecule has 2 rings (SSSR count). The molecule has 0 unspecified atom stereocenters. The lowest BCUT2D eigenvalue weighted by Crippen LogP contribution is -2.28. The van der Waals surface area contributed by atoms with Crippen LogP contribution in [0, 0.1) is 0 Å². The van der Waals surface area contributed by atoms with Gasteiger partial charge in [0.1, 0.15) is 5.69 Å². The van der Waals surface area contributed by atoms with Crippen molar-refractivity contribution < 1.29 is 0 Å². The Labute approximate surface area is 102 Å². The molecule has 1 aliphatic rings. The van der Waals surface area contributed by atoms with E-state index >= 15 is 0 Å². The smallest absolute Gasteiger partial charge is 0.290 e. The van der Waals surface area contributed by atoms with Crippen LogP contribution in [0.4, 0.5) is 5.69 Å². The Morgan fingerprint density at radius 2 is 1.82 bits per heavy atom. The molecule has 4 nitrogen and oxygen atoms in total. The molecule has 0 aliphatic heterocycles. The maximum absolute atomic E-state index is 12.2. The van der Waals surface area contributed by atoms with Crippen LogP contribution in [-0.2, 0) is 7.05 Å². The number of hydrogen-bond donors (Lipinski definition) is 1. The molecule has 0 spiro atoms. The van der Waals surface area contributed by atoms with E-state index in [2.05, 4.69) is 13.8 Å². The number of rotatable bonds is 2. The van der Waals surface area contributed by atoms with Crippen LogP contribution in [0.5, 0.6) is 0 Å².